The van der Waals surface area contributed by atoms with Gasteiger partial charge in [0.25, 0.3) is 0 Å². The molecule has 0 radical (unpaired) electrons. The second-order valence-corrected chi connectivity index (χ2v) is 6.33. The lowest BCUT2D eigenvalue weighted by Crippen LogP contribution is -2.32. The molecule has 1 amide bonds. The number of rotatable bonds is 9. The minimum Gasteiger partial charge on any atom is -0.493 e. The van der Waals surface area contributed by atoms with Gasteiger partial charge in [-0.1, -0.05) is 18.2 Å². The van der Waals surface area contributed by atoms with Gasteiger partial charge in [0.1, 0.15) is 0 Å². The molecule has 0 spiro atoms. The van der Waals surface area contributed by atoms with E-state index in [2.05, 4.69) is 5.32 Å². The molecule has 0 atom stereocenters. The number of hydrogen-bond acceptors (Lipinski definition) is 5. The van der Waals surface area contributed by atoms with Crippen LogP contribution in [0.1, 0.15) is 22.8 Å². The number of anilines is 1. The number of ether oxygens (including phenoxy) is 2. The fourth-order valence-electron chi connectivity index (χ4n) is 2.77. The van der Waals surface area contributed by atoms with Crippen molar-refractivity contribution >= 4 is 17.4 Å². The number of amides is 1. The van der Waals surface area contributed by atoms with E-state index in [1.54, 1.807) is 38.5 Å². The molecule has 6 nitrogen and oxygen atoms in total. The predicted octanol–water partition coefficient (Wildman–Crippen LogP) is 3.02. The van der Waals surface area contributed by atoms with Crippen LogP contribution >= 0.6 is 0 Å². The second-order valence-electron chi connectivity index (χ2n) is 6.33. The number of nitrogens with one attached hydrogen (secondary N) is 1. The summed E-state index contributed by atoms with van der Waals surface area (Å²) in [6.45, 7) is 2.43. The third kappa shape index (κ3) is 5.82. The van der Waals surface area contributed by atoms with Gasteiger partial charge in [-0.15, -0.1) is 0 Å². The fraction of sp³-hybridized carbons (Fsp3) is 0.333. The van der Waals surface area contributed by atoms with Crippen LogP contribution < -0.4 is 14.8 Å². The number of benzene rings is 2. The topological polar surface area (TPSA) is 67.9 Å². The number of Topliss-reactive ketones (excluding diaryl/α,β-unsaturated/α-hetero) is 1. The summed E-state index contributed by atoms with van der Waals surface area (Å²) in [7, 11) is 5.10. The third-order valence-corrected chi connectivity index (χ3v) is 4.22. The normalized spacial score (nSPS) is 10.6. The first kappa shape index (κ1) is 20.5. The average Bonchev–Trinajstić information content (AvgIpc) is 2.66. The fourth-order valence-corrected chi connectivity index (χ4v) is 2.77. The minimum atomic E-state index is -0.154. The Balaban J connectivity index is 1.89. The zero-order chi connectivity index (χ0) is 19.8. The van der Waals surface area contributed by atoms with E-state index in [0.717, 1.165) is 12.0 Å². The van der Waals surface area contributed by atoms with E-state index in [1.807, 2.05) is 30.1 Å². The number of methoxy groups -OCH3 is 2. The Bertz CT molecular complexity index is 805. The molecular weight excluding hydrogens is 344 g/mol. The van der Waals surface area contributed by atoms with Crippen molar-refractivity contribution in [3.8, 4) is 11.5 Å². The van der Waals surface area contributed by atoms with E-state index < -0.39 is 0 Å². The summed E-state index contributed by atoms with van der Waals surface area (Å²) >= 11 is 0. The molecule has 27 heavy (non-hydrogen) atoms. The van der Waals surface area contributed by atoms with Crippen molar-refractivity contribution < 1.29 is 19.1 Å². The third-order valence-electron chi connectivity index (χ3n) is 4.22. The molecule has 0 heterocycles. The van der Waals surface area contributed by atoms with E-state index in [1.165, 1.54) is 6.92 Å². The number of hydrogen-bond donors (Lipinski definition) is 1. The van der Waals surface area contributed by atoms with Crippen LogP contribution in [0.5, 0.6) is 11.5 Å². The molecule has 0 aromatic heterocycles. The Morgan fingerprint density at radius 2 is 1.74 bits per heavy atom. The number of carbonyl (C=O) groups excluding carboxylic acids is 2. The highest BCUT2D eigenvalue weighted by Gasteiger charge is 2.12. The molecule has 2 rings (SSSR count). The van der Waals surface area contributed by atoms with Crippen LogP contribution in [-0.4, -0.2) is 50.9 Å². The van der Waals surface area contributed by atoms with Gasteiger partial charge in [-0.3, -0.25) is 14.5 Å². The summed E-state index contributed by atoms with van der Waals surface area (Å²) < 4.78 is 10.6. The Morgan fingerprint density at radius 1 is 1.04 bits per heavy atom. The molecular formula is C21H26N2O4. The highest BCUT2D eigenvalue weighted by Crippen LogP contribution is 2.27. The van der Waals surface area contributed by atoms with Crippen molar-refractivity contribution in [2.45, 2.75) is 13.3 Å². The standard InChI is InChI=1S/C21H26N2O4/c1-15(24)17-7-5-6-8-18(17)22-21(25)14-23(2)12-11-16-9-10-19(26-3)20(13-16)27-4/h5-10,13H,11-12,14H2,1-4H3,(H,22,25). The summed E-state index contributed by atoms with van der Waals surface area (Å²) in [5, 5.41) is 2.82. The van der Waals surface area contributed by atoms with Gasteiger partial charge in [0.05, 0.1) is 26.5 Å². The summed E-state index contributed by atoms with van der Waals surface area (Å²) in [6, 6.07) is 12.8. The van der Waals surface area contributed by atoms with Crippen LogP contribution in [0.3, 0.4) is 0 Å². The van der Waals surface area contributed by atoms with Crippen LogP contribution in [0.25, 0.3) is 0 Å². The zero-order valence-electron chi connectivity index (χ0n) is 16.2. The summed E-state index contributed by atoms with van der Waals surface area (Å²) in [4.78, 5) is 25.9. The Morgan fingerprint density at radius 3 is 2.41 bits per heavy atom. The van der Waals surface area contributed by atoms with Gasteiger partial charge in [0.15, 0.2) is 17.3 Å². The first-order chi connectivity index (χ1) is 12.9. The number of likely N-dealkylation sites (N-methyl/N-ethyl adjacent to an activating group) is 1. The lowest BCUT2D eigenvalue weighted by molar-refractivity contribution is -0.117. The number of nitrogens with zero attached hydrogens (tertiary/aromatic N) is 1. The first-order valence-corrected chi connectivity index (χ1v) is 8.74. The van der Waals surface area contributed by atoms with Crippen LogP contribution in [-0.2, 0) is 11.2 Å². The molecule has 2 aromatic carbocycles. The maximum Gasteiger partial charge on any atom is 0.238 e. The smallest absolute Gasteiger partial charge is 0.238 e. The summed E-state index contributed by atoms with van der Waals surface area (Å²) in [5.41, 5.74) is 2.16. The summed E-state index contributed by atoms with van der Waals surface area (Å²) in [5.74, 6) is 1.15. The number of ketones is 1. The van der Waals surface area contributed by atoms with Crippen LogP contribution in [0.2, 0.25) is 0 Å². The largest absolute Gasteiger partial charge is 0.493 e. The van der Waals surface area contributed by atoms with Crippen LogP contribution in [0.4, 0.5) is 5.69 Å². The Labute approximate surface area is 160 Å². The van der Waals surface area contributed by atoms with Gasteiger partial charge in [-0.2, -0.15) is 0 Å². The van der Waals surface area contributed by atoms with E-state index >= 15 is 0 Å². The van der Waals surface area contributed by atoms with Crippen molar-refractivity contribution in [3.63, 3.8) is 0 Å². The van der Waals surface area contributed by atoms with E-state index in [-0.39, 0.29) is 18.2 Å². The van der Waals surface area contributed by atoms with Gasteiger partial charge < -0.3 is 14.8 Å². The van der Waals surface area contributed by atoms with E-state index in [9.17, 15) is 9.59 Å². The molecule has 1 N–H and O–H groups in total. The SMILES string of the molecule is COc1ccc(CCN(C)CC(=O)Nc2ccccc2C(C)=O)cc1OC. The molecule has 2 aromatic rings. The second kappa shape index (κ2) is 9.73. The van der Waals surface area contributed by atoms with Crippen LogP contribution in [0.15, 0.2) is 42.5 Å². The molecule has 144 valence electrons. The summed E-state index contributed by atoms with van der Waals surface area (Å²) in [6.07, 6.45) is 0.772. The van der Waals surface area contributed by atoms with Gasteiger partial charge in [-0.25, -0.2) is 0 Å². The minimum absolute atomic E-state index is 0.0762. The maximum absolute atomic E-state index is 12.3. The van der Waals surface area contributed by atoms with Crippen molar-refractivity contribution in [2.75, 3.05) is 39.7 Å². The van der Waals surface area contributed by atoms with Gasteiger partial charge in [-0.05, 0) is 50.2 Å². The number of para-hydroxylation sites is 1. The highest BCUT2D eigenvalue weighted by molar-refractivity contribution is 6.04. The average molecular weight is 370 g/mol. The van der Waals surface area contributed by atoms with Crippen molar-refractivity contribution in [1.82, 2.24) is 4.90 Å². The quantitative estimate of drug-likeness (QED) is 0.687. The van der Waals surface area contributed by atoms with Gasteiger partial charge in [0, 0.05) is 12.1 Å². The molecule has 0 unspecified atom stereocenters. The Kier molecular flexibility index (Phi) is 7.37. The molecule has 0 aliphatic carbocycles. The molecule has 6 heteroatoms. The molecule has 0 saturated heterocycles. The van der Waals surface area contributed by atoms with E-state index in [0.29, 0.717) is 29.3 Å². The van der Waals surface area contributed by atoms with Crippen molar-refractivity contribution in [1.29, 1.82) is 0 Å². The van der Waals surface area contributed by atoms with Crippen molar-refractivity contribution in [3.05, 3.63) is 53.6 Å². The highest BCUT2D eigenvalue weighted by atomic mass is 16.5. The maximum atomic E-state index is 12.3. The van der Waals surface area contributed by atoms with E-state index in [4.69, 9.17) is 9.47 Å². The number of carbonyl (C=O) groups is 2. The lowest BCUT2D eigenvalue weighted by atomic mass is 10.1. The van der Waals surface area contributed by atoms with Crippen LogP contribution in [0, 0.1) is 0 Å². The van der Waals surface area contributed by atoms with Crippen molar-refractivity contribution in [2.24, 2.45) is 0 Å². The van der Waals surface area contributed by atoms with Gasteiger partial charge in [0.2, 0.25) is 5.91 Å². The lowest BCUT2D eigenvalue weighted by Gasteiger charge is -2.17. The van der Waals surface area contributed by atoms with Gasteiger partial charge >= 0.3 is 0 Å². The molecule has 0 saturated carbocycles. The zero-order valence-corrected chi connectivity index (χ0v) is 16.2. The monoisotopic (exact) mass is 370 g/mol. The molecule has 0 aliphatic heterocycles. The molecule has 0 aliphatic rings. The first-order valence-electron chi connectivity index (χ1n) is 8.74. The predicted molar refractivity (Wildman–Crippen MR) is 106 cm³/mol. The molecule has 0 fully saturated rings. The Hall–Kier alpha value is -2.86. The molecule has 0 bridgehead atoms.